The largest absolute Gasteiger partial charge is 0.253 e. The highest BCUT2D eigenvalue weighted by Crippen LogP contribution is 2.26. The normalized spacial score (nSPS) is 11.1. The van der Waals surface area contributed by atoms with Gasteiger partial charge in [0.05, 0.1) is 11.9 Å². The highest BCUT2D eigenvalue weighted by Gasteiger charge is 2.03. The average molecular weight is 364 g/mol. The summed E-state index contributed by atoms with van der Waals surface area (Å²) in [7, 11) is 0. The van der Waals surface area contributed by atoms with Crippen molar-refractivity contribution in [1.29, 1.82) is 0 Å². The first-order chi connectivity index (χ1) is 9.81. The number of rotatable bonds is 4. The highest BCUT2D eigenvalue weighted by atomic mass is 79.9. The van der Waals surface area contributed by atoms with Gasteiger partial charge in [-0.1, -0.05) is 34.1 Å². The van der Waals surface area contributed by atoms with E-state index in [-0.39, 0.29) is 0 Å². The number of hydrogen-bond acceptors (Lipinski definition) is 5. The smallest absolute Gasteiger partial charge is 0.203 e. The van der Waals surface area contributed by atoms with E-state index >= 15 is 0 Å². The molecule has 0 spiro atoms. The molecule has 0 fully saturated rings. The van der Waals surface area contributed by atoms with Crippen LogP contribution < -0.4 is 5.43 Å². The average Bonchev–Trinajstić information content (AvgIpc) is 3.11. The first-order valence-corrected chi connectivity index (χ1v) is 8.40. The van der Waals surface area contributed by atoms with Gasteiger partial charge in [0, 0.05) is 20.3 Å². The number of nitrogens with zero attached hydrogens (tertiary/aromatic N) is 2. The number of thiazole rings is 1. The zero-order chi connectivity index (χ0) is 13.8. The fraction of sp³-hybridized carbons (Fsp3) is 0. The summed E-state index contributed by atoms with van der Waals surface area (Å²) in [6, 6.07) is 12.1. The molecule has 3 aromatic rings. The van der Waals surface area contributed by atoms with Gasteiger partial charge in [-0.15, -0.1) is 22.7 Å². The van der Waals surface area contributed by atoms with Crippen molar-refractivity contribution < 1.29 is 0 Å². The van der Waals surface area contributed by atoms with Crippen LogP contribution in [0.1, 0.15) is 4.88 Å². The molecule has 0 aliphatic heterocycles. The fourth-order valence-electron chi connectivity index (χ4n) is 1.59. The van der Waals surface area contributed by atoms with Crippen molar-refractivity contribution in [3.63, 3.8) is 0 Å². The minimum absolute atomic E-state index is 0.788. The molecule has 0 aliphatic rings. The number of anilines is 1. The van der Waals surface area contributed by atoms with Crippen molar-refractivity contribution in [1.82, 2.24) is 4.98 Å². The van der Waals surface area contributed by atoms with Gasteiger partial charge in [-0.25, -0.2) is 4.98 Å². The van der Waals surface area contributed by atoms with E-state index in [2.05, 4.69) is 31.4 Å². The van der Waals surface area contributed by atoms with Crippen LogP contribution in [0.2, 0.25) is 0 Å². The third kappa shape index (κ3) is 3.33. The van der Waals surface area contributed by atoms with Crippen LogP contribution in [0, 0.1) is 0 Å². The Morgan fingerprint density at radius 3 is 2.75 bits per heavy atom. The molecule has 0 amide bonds. The van der Waals surface area contributed by atoms with Crippen molar-refractivity contribution in [2.75, 3.05) is 5.43 Å². The van der Waals surface area contributed by atoms with Crippen molar-refractivity contribution in [2.45, 2.75) is 0 Å². The van der Waals surface area contributed by atoms with E-state index in [1.54, 1.807) is 28.9 Å². The molecular formula is C14H10BrN3S2. The number of nitrogens with one attached hydrogen (secondary N) is 1. The second-order valence-electron chi connectivity index (χ2n) is 3.93. The molecular weight excluding hydrogens is 354 g/mol. The molecule has 1 aromatic carbocycles. The Morgan fingerprint density at radius 1 is 1.15 bits per heavy atom. The molecule has 20 heavy (non-hydrogen) atoms. The zero-order valence-corrected chi connectivity index (χ0v) is 13.5. The van der Waals surface area contributed by atoms with Crippen LogP contribution in [0.3, 0.4) is 0 Å². The summed E-state index contributed by atoms with van der Waals surface area (Å²) in [5.74, 6) is 0. The van der Waals surface area contributed by atoms with Gasteiger partial charge < -0.3 is 0 Å². The van der Waals surface area contributed by atoms with E-state index in [4.69, 9.17) is 0 Å². The second-order valence-corrected chi connectivity index (χ2v) is 6.68. The van der Waals surface area contributed by atoms with E-state index in [0.717, 1.165) is 25.7 Å². The Bertz CT molecular complexity index is 702. The molecule has 2 aromatic heterocycles. The SMILES string of the molecule is Brc1ccc(-c2csc(N/N=C/c3cccs3)n2)cc1. The van der Waals surface area contributed by atoms with Gasteiger partial charge in [0.2, 0.25) is 5.13 Å². The van der Waals surface area contributed by atoms with Crippen molar-refractivity contribution in [3.05, 3.63) is 56.5 Å². The Labute approximate surface area is 133 Å². The predicted octanol–water partition coefficient (Wildman–Crippen LogP) is 5.08. The standard InChI is InChI=1S/C14H10BrN3S2/c15-11-5-3-10(4-6-11)13-9-20-14(17-13)18-16-8-12-2-1-7-19-12/h1-9H,(H,17,18)/b16-8+. The van der Waals surface area contributed by atoms with Crippen molar-refractivity contribution >= 4 is 49.9 Å². The maximum atomic E-state index is 4.51. The Morgan fingerprint density at radius 2 is 2.00 bits per heavy atom. The van der Waals surface area contributed by atoms with Gasteiger partial charge in [0.25, 0.3) is 0 Å². The summed E-state index contributed by atoms with van der Waals surface area (Å²) in [6.07, 6.45) is 1.80. The summed E-state index contributed by atoms with van der Waals surface area (Å²) in [5, 5.41) is 9.01. The molecule has 2 heterocycles. The molecule has 3 nitrogen and oxygen atoms in total. The lowest BCUT2D eigenvalue weighted by Crippen LogP contribution is -1.88. The van der Waals surface area contributed by atoms with Crippen LogP contribution in [0.15, 0.2) is 56.7 Å². The molecule has 3 rings (SSSR count). The summed E-state index contributed by atoms with van der Waals surface area (Å²) in [6.45, 7) is 0. The van der Waals surface area contributed by atoms with E-state index in [9.17, 15) is 0 Å². The number of thiophene rings is 1. The molecule has 0 bridgehead atoms. The van der Waals surface area contributed by atoms with Crippen LogP contribution in [0.4, 0.5) is 5.13 Å². The molecule has 1 N–H and O–H groups in total. The summed E-state index contributed by atoms with van der Waals surface area (Å²) >= 11 is 6.62. The van der Waals surface area contributed by atoms with E-state index in [1.807, 2.05) is 47.2 Å². The summed E-state index contributed by atoms with van der Waals surface area (Å²) in [5.41, 5.74) is 5.01. The number of benzene rings is 1. The van der Waals surface area contributed by atoms with Crippen molar-refractivity contribution in [3.8, 4) is 11.3 Å². The van der Waals surface area contributed by atoms with E-state index < -0.39 is 0 Å². The van der Waals surface area contributed by atoms with Crippen LogP contribution in [-0.2, 0) is 0 Å². The van der Waals surface area contributed by atoms with Gasteiger partial charge in [-0.05, 0) is 23.6 Å². The first kappa shape index (κ1) is 13.5. The monoisotopic (exact) mass is 363 g/mol. The number of halogens is 1. The quantitative estimate of drug-likeness (QED) is 0.518. The molecule has 0 radical (unpaired) electrons. The van der Waals surface area contributed by atoms with E-state index in [1.165, 1.54) is 0 Å². The number of hydrogen-bond donors (Lipinski definition) is 1. The summed E-state index contributed by atoms with van der Waals surface area (Å²) < 4.78 is 1.07. The maximum Gasteiger partial charge on any atom is 0.203 e. The van der Waals surface area contributed by atoms with Crippen LogP contribution in [0.5, 0.6) is 0 Å². The zero-order valence-electron chi connectivity index (χ0n) is 10.3. The Balaban J connectivity index is 1.69. The Kier molecular flexibility index (Phi) is 4.25. The highest BCUT2D eigenvalue weighted by molar-refractivity contribution is 9.10. The van der Waals surface area contributed by atoms with Gasteiger partial charge in [0.15, 0.2) is 0 Å². The predicted molar refractivity (Wildman–Crippen MR) is 90.8 cm³/mol. The lowest BCUT2D eigenvalue weighted by Gasteiger charge is -1.96. The maximum absolute atomic E-state index is 4.51. The Hall–Kier alpha value is -1.50. The van der Waals surface area contributed by atoms with Gasteiger partial charge in [0.1, 0.15) is 0 Å². The summed E-state index contributed by atoms with van der Waals surface area (Å²) in [4.78, 5) is 5.62. The minimum Gasteiger partial charge on any atom is -0.253 e. The lowest BCUT2D eigenvalue weighted by molar-refractivity contribution is 1.29. The topological polar surface area (TPSA) is 37.3 Å². The third-order valence-electron chi connectivity index (χ3n) is 2.54. The van der Waals surface area contributed by atoms with Crippen molar-refractivity contribution in [2.24, 2.45) is 5.10 Å². The van der Waals surface area contributed by atoms with Gasteiger partial charge >= 0.3 is 0 Å². The molecule has 100 valence electrons. The van der Waals surface area contributed by atoms with Crippen LogP contribution in [-0.4, -0.2) is 11.2 Å². The first-order valence-electron chi connectivity index (χ1n) is 5.85. The molecule has 0 saturated heterocycles. The third-order valence-corrected chi connectivity index (χ3v) is 4.62. The fourth-order valence-corrected chi connectivity index (χ4v) is 3.11. The lowest BCUT2D eigenvalue weighted by atomic mass is 10.2. The van der Waals surface area contributed by atoms with Gasteiger partial charge in [-0.3, -0.25) is 5.43 Å². The molecule has 0 atom stereocenters. The van der Waals surface area contributed by atoms with Gasteiger partial charge in [-0.2, -0.15) is 5.10 Å². The molecule has 0 unspecified atom stereocenters. The number of aromatic nitrogens is 1. The second kappa shape index (κ2) is 6.30. The molecule has 0 aliphatic carbocycles. The minimum atomic E-state index is 0.788. The number of hydrazone groups is 1. The van der Waals surface area contributed by atoms with E-state index in [0.29, 0.717) is 0 Å². The van der Waals surface area contributed by atoms with Crippen LogP contribution >= 0.6 is 38.6 Å². The van der Waals surface area contributed by atoms with Crippen LogP contribution in [0.25, 0.3) is 11.3 Å². The molecule has 6 heteroatoms. The molecule has 0 saturated carbocycles.